The lowest BCUT2D eigenvalue weighted by molar-refractivity contribution is 0.104. The Morgan fingerprint density at radius 2 is 2.06 bits per heavy atom. The summed E-state index contributed by atoms with van der Waals surface area (Å²) in [5.74, 6) is 0. The summed E-state index contributed by atoms with van der Waals surface area (Å²) < 4.78 is 5.03. The van der Waals surface area contributed by atoms with Gasteiger partial charge < -0.3 is 15.2 Å². The van der Waals surface area contributed by atoms with Gasteiger partial charge in [0.15, 0.2) is 0 Å². The number of carbonyl (C=O) groups excluding carboxylic acids is 1. The maximum atomic E-state index is 11.4. The molecule has 0 unspecified atom stereocenters. The van der Waals surface area contributed by atoms with Crippen LogP contribution >= 0.6 is 0 Å². The quantitative estimate of drug-likeness (QED) is 0.824. The molecule has 1 aromatic rings. The second-order valence-corrected chi connectivity index (χ2v) is 3.97. The molecule has 0 heterocycles. The lowest BCUT2D eigenvalue weighted by Gasteiger charge is -2.18. The molecule has 0 aliphatic heterocycles. The summed E-state index contributed by atoms with van der Waals surface area (Å²) in [6, 6.07) is 9.15. The van der Waals surface area contributed by atoms with Crippen molar-refractivity contribution in [2.24, 2.45) is 0 Å². The molecule has 0 aliphatic carbocycles. The van der Waals surface area contributed by atoms with Gasteiger partial charge in [-0.05, 0) is 18.9 Å². The van der Waals surface area contributed by atoms with Crippen LogP contribution in [-0.4, -0.2) is 23.3 Å². The standard InChI is InChI=1S/C13H19NO3/c1-3-12(15)10(2)14-13(16)17-9-11-7-5-4-6-8-11/h4-8,10,12,15H,3,9H2,1-2H3,(H,14,16)/t10-,12+/m0/s1. The van der Waals surface area contributed by atoms with Gasteiger partial charge in [0.2, 0.25) is 0 Å². The van der Waals surface area contributed by atoms with Gasteiger partial charge in [0.25, 0.3) is 0 Å². The molecule has 0 fully saturated rings. The molecule has 2 N–H and O–H groups in total. The maximum absolute atomic E-state index is 11.4. The van der Waals surface area contributed by atoms with E-state index in [1.165, 1.54) is 0 Å². The van der Waals surface area contributed by atoms with E-state index in [1.807, 2.05) is 37.3 Å². The first kappa shape index (κ1) is 13.5. The van der Waals surface area contributed by atoms with Crippen LogP contribution in [0.2, 0.25) is 0 Å². The van der Waals surface area contributed by atoms with E-state index in [1.54, 1.807) is 6.92 Å². The number of nitrogens with one attached hydrogen (secondary N) is 1. The minimum absolute atomic E-state index is 0.238. The Balaban J connectivity index is 2.31. The minimum Gasteiger partial charge on any atom is -0.445 e. The smallest absolute Gasteiger partial charge is 0.407 e. The maximum Gasteiger partial charge on any atom is 0.407 e. The van der Waals surface area contributed by atoms with Crippen LogP contribution in [-0.2, 0) is 11.3 Å². The monoisotopic (exact) mass is 237 g/mol. The number of ether oxygens (including phenoxy) is 1. The van der Waals surface area contributed by atoms with Crippen LogP contribution in [0.5, 0.6) is 0 Å². The fourth-order valence-corrected chi connectivity index (χ4v) is 1.40. The first-order valence-corrected chi connectivity index (χ1v) is 5.78. The van der Waals surface area contributed by atoms with Gasteiger partial charge in [-0.15, -0.1) is 0 Å². The molecule has 0 spiro atoms. The summed E-state index contributed by atoms with van der Waals surface area (Å²) >= 11 is 0. The summed E-state index contributed by atoms with van der Waals surface area (Å²) in [6.45, 7) is 3.84. The molecule has 4 heteroatoms. The second-order valence-electron chi connectivity index (χ2n) is 3.97. The van der Waals surface area contributed by atoms with Crippen LogP contribution in [0.15, 0.2) is 30.3 Å². The third-order valence-corrected chi connectivity index (χ3v) is 2.55. The normalized spacial score (nSPS) is 13.8. The van der Waals surface area contributed by atoms with Crippen LogP contribution in [0.3, 0.4) is 0 Å². The molecule has 0 saturated carbocycles. The number of aliphatic hydroxyl groups is 1. The fourth-order valence-electron chi connectivity index (χ4n) is 1.40. The molecular weight excluding hydrogens is 218 g/mol. The molecule has 1 rings (SSSR count). The average Bonchev–Trinajstić information content (AvgIpc) is 2.36. The number of benzene rings is 1. The zero-order chi connectivity index (χ0) is 12.7. The molecule has 94 valence electrons. The van der Waals surface area contributed by atoms with Crippen molar-refractivity contribution in [3.63, 3.8) is 0 Å². The summed E-state index contributed by atoms with van der Waals surface area (Å²) in [5, 5.41) is 12.1. The average molecular weight is 237 g/mol. The lowest BCUT2D eigenvalue weighted by Crippen LogP contribution is -2.41. The predicted octanol–water partition coefficient (Wildman–Crippen LogP) is 2.07. The second kappa shape index (κ2) is 6.91. The van der Waals surface area contributed by atoms with E-state index >= 15 is 0 Å². The largest absolute Gasteiger partial charge is 0.445 e. The molecule has 0 aromatic heterocycles. The van der Waals surface area contributed by atoms with Crippen molar-refractivity contribution >= 4 is 6.09 Å². The highest BCUT2D eigenvalue weighted by Crippen LogP contribution is 2.02. The van der Waals surface area contributed by atoms with Crippen molar-refractivity contribution in [3.8, 4) is 0 Å². The van der Waals surface area contributed by atoms with E-state index in [9.17, 15) is 9.90 Å². The van der Waals surface area contributed by atoms with Crippen LogP contribution in [0.25, 0.3) is 0 Å². The molecule has 1 amide bonds. The van der Waals surface area contributed by atoms with Crippen molar-refractivity contribution in [2.45, 2.75) is 39.0 Å². The first-order valence-electron chi connectivity index (χ1n) is 5.78. The van der Waals surface area contributed by atoms with E-state index < -0.39 is 12.2 Å². The Morgan fingerprint density at radius 1 is 1.41 bits per heavy atom. The Hall–Kier alpha value is -1.55. The summed E-state index contributed by atoms with van der Waals surface area (Å²) in [4.78, 5) is 11.4. The van der Waals surface area contributed by atoms with E-state index in [0.717, 1.165) is 5.56 Å². The number of alkyl carbamates (subject to hydrolysis) is 1. The van der Waals surface area contributed by atoms with Gasteiger partial charge in [-0.1, -0.05) is 37.3 Å². The minimum atomic E-state index is -0.542. The van der Waals surface area contributed by atoms with Crippen molar-refractivity contribution in [3.05, 3.63) is 35.9 Å². The Bertz CT molecular complexity index is 340. The Labute approximate surface area is 102 Å². The number of hydrogen-bond donors (Lipinski definition) is 2. The molecular formula is C13H19NO3. The van der Waals surface area contributed by atoms with Gasteiger partial charge in [0.05, 0.1) is 12.1 Å². The SMILES string of the molecule is CC[C@@H](O)[C@H](C)NC(=O)OCc1ccccc1. The Kier molecular flexibility index (Phi) is 5.49. The lowest BCUT2D eigenvalue weighted by atomic mass is 10.1. The number of hydrogen-bond acceptors (Lipinski definition) is 3. The topological polar surface area (TPSA) is 58.6 Å². The van der Waals surface area contributed by atoms with E-state index in [0.29, 0.717) is 6.42 Å². The highest BCUT2D eigenvalue weighted by molar-refractivity contribution is 5.67. The number of carbonyl (C=O) groups is 1. The van der Waals surface area contributed by atoms with Gasteiger partial charge in [-0.25, -0.2) is 4.79 Å². The highest BCUT2D eigenvalue weighted by Gasteiger charge is 2.15. The third kappa shape index (κ3) is 4.87. The zero-order valence-corrected chi connectivity index (χ0v) is 10.2. The van der Waals surface area contributed by atoms with Crippen LogP contribution in [0, 0.1) is 0 Å². The van der Waals surface area contributed by atoms with Gasteiger partial charge in [-0.3, -0.25) is 0 Å². The number of aliphatic hydroxyl groups excluding tert-OH is 1. The van der Waals surface area contributed by atoms with Gasteiger partial charge in [0, 0.05) is 0 Å². The van der Waals surface area contributed by atoms with Crippen molar-refractivity contribution in [2.75, 3.05) is 0 Å². The van der Waals surface area contributed by atoms with Crippen molar-refractivity contribution in [1.82, 2.24) is 5.32 Å². The van der Waals surface area contributed by atoms with Crippen LogP contribution in [0.4, 0.5) is 4.79 Å². The molecule has 0 bridgehead atoms. The first-order chi connectivity index (χ1) is 8.13. The summed E-state index contributed by atoms with van der Waals surface area (Å²) in [5.41, 5.74) is 0.936. The molecule has 0 saturated heterocycles. The summed E-state index contributed by atoms with van der Waals surface area (Å²) in [7, 11) is 0. The molecule has 1 aromatic carbocycles. The molecule has 0 aliphatic rings. The van der Waals surface area contributed by atoms with E-state index in [4.69, 9.17) is 4.74 Å². The molecule has 17 heavy (non-hydrogen) atoms. The fraction of sp³-hybridized carbons (Fsp3) is 0.462. The number of rotatable bonds is 5. The Morgan fingerprint density at radius 3 is 2.65 bits per heavy atom. The summed E-state index contributed by atoms with van der Waals surface area (Å²) in [6.07, 6.45) is -0.451. The van der Waals surface area contributed by atoms with E-state index in [2.05, 4.69) is 5.32 Å². The van der Waals surface area contributed by atoms with Crippen molar-refractivity contribution in [1.29, 1.82) is 0 Å². The molecule has 2 atom stereocenters. The van der Waals surface area contributed by atoms with Crippen LogP contribution < -0.4 is 5.32 Å². The van der Waals surface area contributed by atoms with E-state index in [-0.39, 0.29) is 12.6 Å². The molecule has 4 nitrogen and oxygen atoms in total. The van der Waals surface area contributed by atoms with Gasteiger partial charge in [0.1, 0.15) is 6.61 Å². The predicted molar refractivity (Wildman–Crippen MR) is 65.5 cm³/mol. The van der Waals surface area contributed by atoms with Crippen molar-refractivity contribution < 1.29 is 14.6 Å². The highest BCUT2D eigenvalue weighted by atomic mass is 16.5. The number of amides is 1. The third-order valence-electron chi connectivity index (χ3n) is 2.55. The molecule has 0 radical (unpaired) electrons. The van der Waals surface area contributed by atoms with Crippen LogP contribution in [0.1, 0.15) is 25.8 Å². The van der Waals surface area contributed by atoms with Gasteiger partial charge in [-0.2, -0.15) is 0 Å². The van der Waals surface area contributed by atoms with Gasteiger partial charge >= 0.3 is 6.09 Å². The zero-order valence-electron chi connectivity index (χ0n) is 10.2.